The predicted octanol–water partition coefficient (Wildman–Crippen LogP) is 4.36. The van der Waals surface area contributed by atoms with Gasteiger partial charge >= 0.3 is 6.03 Å². The summed E-state index contributed by atoms with van der Waals surface area (Å²) in [6.07, 6.45) is 3.17. The van der Waals surface area contributed by atoms with E-state index in [1.807, 2.05) is 36.4 Å². The van der Waals surface area contributed by atoms with Gasteiger partial charge in [0.25, 0.3) is 0 Å². The Morgan fingerprint density at radius 3 is 2.67 bits per heavy atom. The van der Waals surface area contributed by atoms with E-state index in [0.717, 1.165) is 23.9 Å². The molecule has 0 radical (unpaired) electrons. The third-order valence-electron chi connectivity index (χ3n) is 4.52. The highest BCUT2D eigenvalue weighted by Gasteiger charge is 2.24. The fraction of sp³-hybridized carbons (Fsp3) is 0.250. The van der Waals surface area contributed by atoms with Gasteiger partial charge in [-0.25, -0.2) is 14.8 Å². The van der Waals surface area contributed by atoms with Gasteiger partial charge in [0, 0.05) is 36.6 Å². The molecule has 1 fully saturated rings. The van der Waals surface area contributed by atoms with Crippen LogP contribution in [0.1, 0.15) is 12.8 Å². The van der Waals surface area contributed by atoms with E-state index in [-0.39, 0.29) is 12.1 Å². The van der Waals surface area contributed by atoms with Crippen molar-refractivity contribution >= 4 is 34.4 Å². The second-order valence-corrected chi connectivity index (χ2v) is 6.88. The molecule has 3 aromatic rings. The first kappa shape index (κ1) is 17.5. The first-order valence-corrected chi connectivity index (χ1v) is 9.25. The summed E-state index contributed by atoms with van der Waals surface area (Å²) in [6, 6.07) is 14.7. The summed E-state index contributed by atoms with van der Waals surface area (Å²) in [5.41, 5.74) is 2.35. The number of para-hydroxylation sites is 2. The highest BCUT2D eigenvalue weighted by molar-refractivity contribution is 6.30. The molecule has 1 aliphatic heterocycles. The fourth-order valence-corrected chi connectivity index (χ4v) is 3.30. The Morgan fingerprint density at radius 2 is 1.89 bits per heavy atom. The van der Waals surface area contributed by atoms with Crippen LogP contribution in [0.25, 0.3) is 11.0 Å². The molecular formula is C20H19ClN4O2. The molecule has 2 amide bonds. The minimum atomic E-state index is -0.124. The van der Waals surface area contributed by atoms with Crippen molar-refractivity contribution in [3.63, 3.8) is 0 Å². The third-order valence-corrected chi connectivity index (χ3v) is 4.75. The van der Waals surface area contributed by atoms with E-state index in [1.54, 1.807) is 23.2 Å². The van der Waals surface area contributed by atoms with Crippen molar-refractivity contribution in [2.45, 2.75) is 18.9 Å². The number of urea groups is 1. The lowest BCUT2D eigenvalue weighted by Gasteiger charge is -2.31. The Bertz CT molecular complexity index is 957. The minimum absolute atomic E-state index is 0.0238. The van der Waals surface area contributed by atoms with Gasteiger partial charge in [-0.15, -0.1) is 0 Å². The van der Waals surface area contributed by atoms with Crippen molar-refractivity contribution in [2.75, 3.05) is 18.4 Å². The maximum absolute atomic E-state index is 12.4. The van der Waals surface area contributed by atoms with Gasteiger partial charge in [-0.05, 0) is 30.3 Å². The molecule has 1 N–H and O–H groups in total. The summed E-state index contributed by atoms with van der Waals surface area (Å²) in [6.45, 7) is 1.25. The SMILES string of the molecule is O=C(Nc1cccc(Cl)c1)N1CCC(Oc2cnc3ccccc3n2)CC1. The fourth-order valence-electron chi connectivity index (χ4n) is 3.11. The number of halogens is 1. The molecule has 27 heavy (non-hydrogen) atoms. The van der Waals surface area contributed by atoms with Gasteiger partial charge < -0.3 is 15.0 Å². The Kier molecular flexibility index (Phi) is 5.07. The number of aromatic nitrogens is 2. The van der Waals surface area contributed by atoms with Crippen molar-refractivity contribution in [3.8, 4) is 5.88 Å². The number of carbonyl (C=O) groups excluding carboxylic acids is 1. The number of likely N-dealkylation sites (tertiary alicyclic amines) is 1. The van der Waals surface area contributed by atoms with E-state index in [1.165, 1.54) is 0 Å². The number of fused-ring (bicyclic) bond motifs is 1. The van der Waals surface area contributed by atoms with Crippen LogP contribution < -0.4 is 10.1 Å². The first-order chi connectivity index (χ1) is 13.2. The standard InChI is InChI=1S/C20H19ClN4O2/c21-14-4-3-5-15(12-14)23-20(26)25-10-8-16(9-11-25)27-19-13-22-17-6-1-2-7-18(17)24-19/h1-7,12-13,16H,8-11H2,(H,23,26). The summed E-state index contributed by atoms with van der Waals surface area (Å²) in [5, 5.41) is 3.47. The molecule has 0 atom stereocenters. The average Bonchev–Trinajstić information content (AvgIpc) is 2.68. The minimum Gasteiger partial charge on any atom is -0.473 e. The summed E-state index contributed by atoms with van der Waals surface area (Å²) in [7, 11) is 0. The van der Waals surface area contributed by atoms with Crippen molar-refractivity contribution in [1.29, 1.82) is 0 Å². The van der Waals surface area contributed by atoms with Crippen molar-refractivity contribution in [1.82, 2.24) is 14.9 Å². The molecule has 138 valence electrons. The number of nitrogens with zero attached hydrogens (tertiary/aromatic N) is 3. The second kappa shape index (κ2) is 7.80. The quantitative estimate of drug-likeness (QED) is 0.730. The summed E-state index contributed by atoms with van der Waals surface area (Å²) >= 11 is 5.95. The number of anilines is 1. The zero-order valence-electron chi connectivity index (χ0n) is 14.6. The van der Waals surface area contributed by atoms with Gasteiger partial charge in [-0.3, -0.25) is 0 Å². The van der Waals surface area contributed by atoms with Crippen LogP contribution in [-0.2, 0) is 0 Å². The van der Waals surface area contributed by atoms with Crippen LogP contribution in [-0.4, -0.2) is 40.1 Å². The van der Waals surface area contributed by atoms with Gasteiger partial charge in [-0.2, -0.15) is 0 Å². The van der Waals surface area contributed by atoms with E-state index in [0.29, 0.717) is 29.7 Å². The van der Waals surface area contributed by atoms with E-state index < -0.39 is 0 Å². The van der Waals surface area contributed by atoms with Gasteiger partial charge in [0.2, 0.25) is 5.88 Å². The number of rotatable bonds is 3. The number of nitrogens with one attached hydrogen (secondary N) is 1. The third kappa shape index (κ3) is 4.28. The van der Waals surface area contributed by atoms with E-state index >= 15 is 0 Å². The van der Waals surface area contributed by atoms with Gasteiger partial charge in [0.05, 0.1) is 17.2 Å². The molecule has 2 aromatic carbocycles. The number of ether oxygens (including phenoxy) is 1. The maximum atomic E-state index is 12.4. The summed E-state index contributed by atoms with van der Waals surface area (Å²) in [5.74, 6) is 0.524. The van der Waals surface area contributed by atoms with Crippen LogP contribution in [0.3, 0.4) is 0 Å². The molecule has 4 rings (SSSR count). The van der Waals surface area contributed by atoms with Crippen molar-refractivity contribution in [3.05, 3.63) is 59.8 Å². The zero-order chi connectivity index (χ0) is 18.6. The molecule has 0 bridgehead atoms. The summed E-state index contributed by atoms with van der Waals surface area (Å²) < 4.78 is 5.98. The van der Waals surface area contributed by atoms with E-state index in [9.17, 15) is 4.79 Å². The smallest absolute Gasteiger partial charge is 0.321 e. The second-order valence-electron chi connectivity index (χ2n) is 6.44. The van der Waals surface area contributed by atoms with E-state index in [4.69, 9.17) is 16.3 Å². The molecular weight excluding hydrogens is 364 g/mol. The van der Waals surface area contributed by atoms with Crippen LogP contribution in [0.5, 0.6) is 5.88 Å². The van der Waals surface area contributed by atoms with Crippen LogP contribution in [0, 0.1) is 0 Å². The maximum Gasteiger partial charge on any atom is 0.321 e. The lowest BCUT2D eigenvalue weighted by Crippen LogP contribution is -2.43. The Hall–Kier alpha value is -2.86. The molecule has 6 nitrogen and oxygen atoms in total. The topological polar surface area (TPSA) is 67.4 Å². The summed E-state index contributed by atoms with van der Waals surface area (Å²) in [4.78, 5) is 23.1. The largest absolute Gasteiger partial charge is 0.473 e. The molecule has 0 spiro atoms. The number of piperidine rings is 1. The molecule has 2 heterocycles. The Morgan fingerprint density at radius 1 is 1.11 bits per heavy atom. The Labute approximate surface area is 162 Å². The molecule has 7 heteroatoms. The van der Waals surface area contributed by atoms with Crippen LogP contribution >= 0.6 is 11.6 Å². The van der Waals surface area contributed by atoms with Gasteiger partial charge in [-0.1, -0.05) is 29.8 Å². The lowest BCUT2D eigenvalue weighted by molar-refractivity contribution is 0.111. The van der Waals surface area contributed by atoms with E-state index in [2.05, 4.69) is 15.3 Å². The van der Waals surface area contributed by atoms with Crippen molar-refractivity contribution in [2.24, 2.45) is 0 Å². The normalized spacial score (nSPS) is 14.9. The monoisotopic (exact) mass is 382 g/mol. The molecule has 1 aliphatic rings. The van der Waals surface area contributed by atoms with Crippen molar-refractivity contribution < 1.29 is 9.53 Å². The average molecular weight is 383 g/mol. The molecule has 0 aliphatic carbocycles. The van der Waals surface area contributed by atoms with Crippen LogP contribution in [0.2, 0.25) is 5.02 Å². The molecule has 0 unspecified atom stereocenters. The van der Waals surface area contributed by atoms with Crippen LogP contribution in [0.4, 0.5) is 10.5 Å². The molecule has 1 aromatic heterocycles. The number of hydrogen-bond acceptors (Lipinski definition) is 4. The number of hydrogen-bond donors (Lipinski definition) is 1. The van der Waals surface area contributed by atoms with Gasteiger partial charge in [0.15, 0.2) is 0 Å². The Balaban J connectivity index is 1.32. The molecule has 0 saturated carbocycles. The zero-order valence-corrected chi connectivity index (χ0v) is 15.4. The lowest BCUT2D eigenvalue weighted by atomic mass is 10.1. The number of carbonyl (C=O) groups is 1. The highest BCUT2D eigenvalue weighted by Crippen LogP contribution is 2.20. The number of benzene rings is 2. The van der Waals surface area contributed by atoms with Gasteiger partial charge in [0.1, 0.15) is 6.10 Å². The molecule has 1 saturated heterocycles. The van der Waals surface area contributed by atoms with Crippen LogP contribution in [0.15, 0.2) is 54.7 Å². The number of amides is 2. The highest BCUT2D eigenvalue weighted by atomic mass is 35.5. The predicted molar refractivity (Wildman–Crippen MR) is 105 cm³/mol. The first-order valence-electron chi connectivity index (χ1n) is 8.87.